The second-order valence-electron chi connectivity index (χ2n) is 13.4. The van der Waals surface area contributed by atoms with E-state index in [-0.39, 0.29) is 35.5 Å². The van der Waals surface area contributed by atoms with Crippen LogP contribution < -0.4 is 14.5 Å². The van der Waals surface area contributed by atoms with E-state index in [9.17, 15) is 18.0 Å². The lowest BCUT2D eigenvalue weighted by Crippen LogP contribution is -2.52. The number of hydrogen-bond donors (Lipinski definition) is 1. The largest absolute Gasteiger partial charge is 0.478 e. The fourth-order valence-corrected chi connectivity index (χ4v) is 7.23. The van der Waals surface area contributed by atoms with Crippen molar-refractivity contribution in [1.82, 2.24) is 35.0 Å². The van der Waals surface area contributed by atoms with Crippen molar-refractivity contribution >= 4 is 28.6 Å². The Kier molecular flexibility index (Phi) is 10.6. The second-order valence-corrected chi connectivity index (χ2v) is 13.4. The number of aromatic nitrogens is 6. The molecule has 0 amide bonds. The number of methoxy groups -OCH3 is 1. The smallest absolute Gasteiger partial charge is 0.433 e. The number of H-pyrrole nitrogens is 1. The molecule has 4 aromatic heterocycles. The molecule has 5 heterocycles. The van der Waals surface area contributed by atoms with E-state index < -0.39 is 11.9 Å². The van der Waals surface area contributed by atoms with Gasteiger partial charge in [0.1, 0.15) is 22.7 Å². The Hall–Kier alpha value is -4.57. The molecule has 6 rings (SSSR count). The molecule has 0 radical (unpaired) electrons. The highest BCUT2D eigenvalue weighted by atomic mass is 19.4. The molecule has 16 heteroatoms. The molecule has 274 valence electrons. The Balaban J connectivity index is 1.38. The van der Waals surface area contributed by atoms with E-state index in [1.54, 1.807) is 37.6 Å². The van der Waals surface area contributed by atoms with Crippen molar-refractivity contribution in [2.45, 2.75) is 65.1 Å². The molecule has 1 saturated carbocycles. The zero-order valence-corrected chi connectivity index (χ0v) is 29.6. The van der Waals surface area contributed by atoms with Crippen molar-refractivity contribution < 1.29 is 32.3 Å². The number of nitrogens with zero attached hydrogens (tertiary/aromatic N) is 8. The van der Waals surface area contributed by atoms with Gasteiger partial charge in [-0.15, -0.1) is 5.06 Å². The number of alkyl halides is 3. The SMILES string of the molecule is CCOc1cc(-c2cc(N(C)CC3(COC)CCCCC3)c3[nH]c(-c4cnc(N5CCN(OC(C)=O)C[C@H]5C)cn4)nc3n2)cc(C(F)(F)F)n1. The van der Waals surface area contributed by atoms with E-state index in [0.717, 1.165) is 37.4 Å². The van der Waals surface area contributed by atoms with Gasteiger partial charge in [0.05, 0.1) is 50.1 Å². The van der Waals surface area contributed by atoms with Crippen molar-refractivity contribution in [2.24, 2.45) is 5.41 Å². The Morgan fingerprint density at radius 2 is 1.84 bits per heavy atom. The maximum atomic E-state index is 14.0. The molecule has 0 unspecified atom stereocenters. The second kappa shape index (κ2) is 15.0. The van der Waals surface area contributed by atoms with Gasteiger partial charge < -0.3 is 29.1 Å². The predicted octanol–water partition coefficient (Wildman–Crippen LogP) is 5.92. The summed E-state index contributed by atoms with van der Waals surface area (Å²) in [6.45, 7) is 8.16. The fourth-order valence-electron chi connectivity index (χ4n) is 7.23. The highest BCUT2D eigenvalue weighted by molar-refractivity contribution is 5.91. The molecule has 1 aliphatic carbocycles. The number of rotatable bonds is 11. The highest BCUT2D eigenvalue weighted by Crippen LogP contribution is 2.40. The molecular formula is C35H44F3N9O4. The average Bonchev–Trinajstić information content (AvgIpc) is 3.52. The number of hydroxylamine groups is 2. The summed E-state index contributed by atoms with van der Waals surface area (Å²) in [5.74, 6) is 0.596. The van der Waals surface area contributed by atoms with Crippen LogP contribution >= 0.6 is 0 Å². The predicted molar refractivity (Wildman–Crippen MR) is 185 cm³/mol. The van der Waals surface area contributed by atoms with Gasteiger partial charge in [-0.1, -0.05) is 19.3 Å². The number of nitrogens with one attached hydrogen (secondary N) is 1. The van der Waals surface area contributed by atoms with Gasteiger partial charge >= 0.3 is 12.1 Å². The lowest BCUT2D eigenvalue weighted by molar-refractivity contribution is -0.190. The maximum Gasteiger partial charge on any atom is 0.433 e. The van der Waals surface area contributed by atoms with Crippen LogP contribution in [0.1, 0.15) is 58.6 Å². The van der Waals surface area contributed by atoms with Gasteiger partial charge in [-0.3, -0.25) is 4.79 Å². The number of ether oxygens (including phenoxy) is 2. The minimum Gasteiger partial charge on any atom is -0.478 e. The Labute approximate surface area is 294 Å². The van der Waals surface area contributed by atoms with Crippen LogP contribution in [0.15, 0.2) is 30.6 Å². The van der Waals surface area contributed by atoms with Gasteiger partial charge in [-0.05, 0) is 38.8 Å². The van der Waals surface area contributed by atoms with Crippen LogP contribution in [0.25, 0.3) is 33.9 Å². The molecule has 1 saturated heterocycles. The zero-order valence-electron chi connectivity index (χ0n) is 29.6. The van der Waals surface area contributed by atoms with E-state index in [1.165, 1.54) is 19.4 Å². The van der Waals surface area contributed by atoms with Crippen LogP contribution in [-0.2, 0) is 20.5 Å². The normalized spacial score (nSPS) is 18.2. The molecule has 1 N–H and O–H groups in total. The molecule has 2 aliphatic rings. The van der Waals surface area contributed by atoms with Crippen LogP contribution in [0.5, 0.6) is 5.88 Å². The first-order chi connectivity index (χ1) is 24.4. The van der Waals surface area contributed by atoms with Crippen molar-refractivity contribution in [3.8, 4) is 28.7 Å². The number of carbonyl (C=O) groups excluding carboxylic acids is 1. The first-order valence-electron chi connectivity index (χ1n) is 17.2. The van der Waals surface area contributed by atoms with Gasteiger partial charge in [0.2, 0.25) is 5.88 Å². The Morgan fingerprint density at radius 3 is 2.49 bits per heavy atom. The van der Waals surface area contributed by atoms with Crippen LogP contribution in [0.2, 0.25) is 0 Å². The molecule has 4 aromatic rings. The first-order valence-corrected chi connectivity index (χ1v) is 17.2. The first kappa shape index (κ1) is 36.2. The van der Waals surface area contributed by atoms with E-state index in [4.69, 9.17) is 24.3 Å². The number of pyridine rings is 2. The van der Waals surface area contributed by atoms with Gasteiger partial charge in [0, 0.05) is 57.3 Å². The van der Waals surface area contributed by atoms with E-state index in [0.29, 0.717) is 67.0 Å². The summed E-state index contributed by atoms with van der Waals surface area (Å²) in [4.78, 5) is 46.8. The molecule has 0 spiro atoms. The van der Waals surface area contributed by atoms with Crippen molar-refractivity contribution in [2.75, 3.05) is 63.4 Å². The van der Waals surface area contributed by atoms with Gasteiger partial charge in [-0.2, -0.15) is 13.2 Å². The quantitative estimate of drug-likeness (QED) is 0.198. The van der Waals surface area contributed by atoms with Crippen molar-refractivity contribution in [3.05, 3.63) is 36.3 Å². The number of aromatic amines is 1. The Bertz CT molecular complexity index is 1820. The van der Waals surface area contributed by atoms with Gasteiger partial charge in [0.15, 0.2) is 11.5 Å². The number of imidazole rings is 1. The number of carbonyl (C=O) groups is 1. The van der Waals surface area contributed by atoms with Gasteiger partial charge in [-0.25, -0.2) is 24.9 Å². The summed E-state index contributed by atoms with van der Waals surface area (Å²) < 4.78 is 53.0. The summed E-state index contributed by atoms with van der Waals surface area (Å²) in [5, 5.41) is 1.65. The summed E-state index contributed by atoms with van der Waals surface area (Å²) in [7, 11) is 3.69. The number of halogens is 3. The summed E-state index contributed by atoms with van der Waals surface area (Å²) >= 11 is 0. The van der Waals surface area contributed by atoms with Gasteiger partial charge in [0.25, 0.3) is 0 Å². The summed E-state index contributed by atoms with van der Waals surface area (Å²) in [6, 6.07) is 4.25. The van der Waals surface area contributed by atoms with E-state index in [1.807, 2.05) is 14.0 Å². The van der Waals surface area contributed by atoms with E-state index >= 15 is 0 Å². The molecule has 1 atom stereocenters. The number of hydrogen-bond acceptors (Lipinski definition) is 12. The standard InChI is InChI=1S/C35H44F3N9O4/c1-6-50-30-15-24(14-28(42-30)35(36,37)38)25-16-27(45(4)20-34(21-49-5)10-8-7-9-11-34)31-33(41-25)44-32(43-31)26-17-40-29(18-39-26)47-13-12-46(19-22(47)2)51-23(3)48/h14-18,22H,6-13,19-21H2,1-5H3,(H,41,43,44)/t22-/m1/s1. The average molecular weight is 712 g/mol. The van der Waals surface area contributed by atoms with Crippen molar-refractivity contribution in [3.63, 3.8) is 0 Å². The van der Waals surface area contributed by atoms with E-state index in [2.05, 4.69) is 29.7 Å². The Morgan fingerprint density at radius 1 is 1.06 bits per heavy atom. The molecule has 2 fully saturated rings. The number of piperazine rings is 1. The van der Waals surface area contributed by atoms with Crippen LogP contribution in [0.3, 0.4) is 0 Å². The van der Waals surface area contributed by atoms with Crippen LogP contribution in [0, 0.1) is 5.41 Å². The van der Waals surface area contributed by atoms with Crippen molar-refractivity contribution in [1.29, 1.82) is 0 Å². The number of fused-ring (bicyclic) bond motifs is 1. The number of anilines is 2. The molecule has 1 aliphatic heterocycles. The third kappa shape index (κ3) is 8.17. The third-order valence-corrected chi connectivity index (χ3v) is 9.49. The van der Waals surface area contributed by atoms with Crippen LogP contribution in [0.4, 0.5) is 24.7 Å². The van der Waals surface area contributed by atoms with Crippen LogP contribution in [-0.4, -0.2) is 101 Å². The molecule has 13 nitrogen and oxygen atoms in total. The summed E-state index contributed by atoms with van der Waals surface area (Å²) in [6.07, 6.45) is 4.03. The summed E-state index contributed by atoms with van der Waals surface area (Å²) in [5.41, 5.74) is 1.49. The topological polar surface area (TPSA) is 135 Å². The minimum absolute atomic E-state index is 0.0185. The highest BCUT2D eigenvalue weighted by Gasteiger charge is 2.36. The molecule has 0 aromatic carbocycles. The fraction of sp³-hybridized carbons (Fsp3) is 0.543. The maximum absolute atomic E-state index is 14.0. The minimum atomic E-state index is -4.68. The monoisotopic (exact) mass is 711 g/mol. The zero-order chi connectivity index (χ0) is 36.3. The third-order valence-electron chi connectivity index (χ3n) is 9.49. The lowest BCUT2D eigenvalue weighted by Gasteiger charge is -2.40. The lowest BCUT2D eigenvalue weighted by atomic mass is 9.74. The molecule has 51 heavy (non-hydrogen) atoms. The molecular weight excluding hydrogens is 667 g/mol. The molecule has 0 bridgehead atoms.